The summed E-state index contributed by atoms with van der Waals surface area (Å²) in [4.78, 5) is 24.3. The fourth-order valence-electron chi connectivity index (χ4n) is 2.22. The number of sulfonamides is 1. The van der Waals surface area contributed by atoms with E-state index < -0.39 is 22.0 Å². The molecule has 1 atom stereocenters. The van der Waals surface area contributed by atoms with Gasteiger partial charge in [0.15, 0.2) is 5.78 Å². The van der Waals surface area contributed by atoms with E-state index in [-0.39, 0.29) is 17.1 Å². The number of Topliss-reactive ketones (excluding diaryl/α,β-unsaturated/α-hetero) is 1. The number of ketones is 1. The monoisotopic (exact) mass is 361 g/mol. The van der Waals surface area contributed by atoms with Crippen LogP contribution in [-0.2, 0) is 19.6 Å². The first-order valence-corrected chi connectivity index (χ1v) is 9.07. The molecule has 132 valence electrons. The number of carbonyl (C=O) groups is 2. The molecule has 0 aliphatic heterocycles. The van der Waals surface area contributed by atoms with E-state index in [0.29, 0.717) is 5.56 Å². The molecule has 2 rings (SSSR count). The molecule has 0 bridgehead atoms. The van der Waals surface area contributed by atoms with Crippen molar-refractivity contribution in [2.45, 2.75) is 24.3 Å². The molecule has 6 nitrogen and oxygen atoms in total. The number of benzene rings is 2. The van der Waals surface area contributed by atoms with Crippen LogP contribution in [0.2, 0.25) is 0 Å². The van der Waals surface area contributed by atoms with Crippen molar-refractivity contribution in [2.75, 3.05) is 7.11 Å². The van der Waals surface area contributed by atoms with Gasteiger partial charge in [0.05, 0.1) is 12.0 Å². The zero-order valence-corrected chi connectivity index (χ0v) is 14.7. The lowest BCUT2D eigenvalue weighted by atomic mass is 10.0. The van der Waals surface area contributed by atoms with E-state index in [1.807, 2.05) is 6.92 Å². The predicted octanol–water partition coefficient (Wildman–Crippen LogP) is 2.09. The molecule has 0 aliphatic rings. The van der Waals surface area contributed by atoms with Gasteiger partial charge in [-0.15, -0.1) is 0 Å². The molecule has 0 spiro atoms. The molecule has 0 unspecified atom stereocenters. The fourth-order valence-corrected chi connectivity index (χ4v) is 3.40. The maximum absolute atomic E-state index is 12.5. The van der Waals surface area contributed by atoms with Crippen LogP contribution in [0.15, 0.2) is 59.5 Å². The predicted molar refractivity (Wildman–Crippen MR) is 92.7 cm³/mol. The van der Waals surface area contributed by atoms with Gasteiger partial charge in [-0.3, -0.25) is 9.59 Å². The normalized spacial score (nSPS) is 12.4. The summed E-state index contributed by atoms with van der Waals surface area (Å²) in [7, 11) is -2.82. The van der Waals surface area contributed by atoms with Crippen LogP contribution in [0.25, 0.3) is 0 Å². The van der Waals surface area contributed by atoms with Crippen molar-refractivity contribution in [3.8, 4) is 0 Å². The maximum atomic E-state index is 12.5. The number of esters is 1. The summed E-state index contributed by atoms with van der Waals surface area (Å²) >= 11 is 0. The first-order valence-electron chi connectivity index (χ1n) is 7.58. The summed E-state index contributed by atoms with van der Waals surface area (Å²) in [5.74, 6) is -1.18. The molecule has 0 saturated heterocycles. The van der Waals surface area contributed by atoms with Crippen molar-refractivity contribution in [1.29, 1.82) is 0 Å². The smallest absolute Gasteiger partial charge is 0.324 e. The third kappa shape index (κ3) is 4.98. The Balaban J connectivity index is 2.21. The highest BCUT2D eigenvalue weighted by molar-refractivity contribution is 7.89. The van der Waals surface area contributed by atoms with E-state index in [2.05, 4.69) is 9.46 Å². The SMILES string of the molecule is COC(=O)[C@H](CC(=O)c1ccccc1)NS(=O)(=O)c1ccc(C)cc1. The Morgan fingerprint density at radius 2 is 1.64 bits per heavy atom. The molecule has 0 radical (unpaired) electrons. The Bertz CT molecular complexity index is 845. The van der Waals surface area contributed by atoms with Gasteiger partial charge < -0.3 is 4.74 Å². The molecule has 0 amide bonds. The first-order chi connectivity index (χ1) is 11.8. The van der Waals surface area contributed by atoms with E-state index in [0.717, 1.165) is 12.7 Å². The average Bonchev–Trinajstić information content (AvgIpc) is 2.61. The van der Waals surface area contributed by atoms with Gasteiger partial charge in [0.1, 0.15) is 6.04 Å². The number of nitrogens with one attached hydrogen (secondary N) is 1. The number of rotatable bonds is 7. The molecule has 0 aliphatic carbocycles. The second-order valence-electron chi connectivity index (χ2n) is 5.50. The van der Waals surface area contributed by atoms with Gasteiger partial charge in [0, 0.05) is 12.0 Å². The van der Waals surface area contributed by atoms with Gasteiger partial charge in [-0.1, -0.05) is 48.0 Å². The molecule has 1 N–H and O–H groups in total. The largest absolute Gasteiger partial charge is 0.468 e. The number of hydrogen-bond donors (Lipinski definition) is 1. The highest BCUT2D eigenvalue weighted by Gasteiger charge is 2.29. The van der Waals surface area contributed by atoms with E-state index in [4.69, 9.17) is 0 Å². The Kier molecular flexibility index (Phi) is 6.06. The van der Waals surface area contributed by atoms with Crippen LogP contribution in [0, 0.1) is 6.92 Å². The molecule has 2 aromatic rings. The Morgan fingerprint density at radius 1 is 1.04 bits per heavy atom. The summed E-state index contributed by atoms with van der Waals surface area (Å²) in [6, 6.07) is 13.2. The van der Waals surface area contributed by atoms with Gasteiger partial charge in [-0.2, -0.15) is 4.72 Å². The second-order valence-corrected chi connectivity index (χ2v) is 7.22. The molecular weight excluding hydrogens is 342 g/mol. The summed E-state index contributed by atoms with van der Waals surface area (Å²) < 4.78 is 31.8. The first kappa shape index (κ1) is 18.8. The van der Waals surface area contributed by atoms with Crippen LogP contribution in [0.4, 0.5) is 0 Å². The number of methoxy groups -OCH3 is 1. The highest BCUT2D eigenvalue weighted by atomic mass is 32.2. The zero-order valence-electron chi connectivity index (χ0n) is 13.9. The molecule has 0 fully saturated rings. The molecule has 7 heteroatoms. The molecular formula is C18H19NO5S. The number of ether oxygens (including phenoxy) is 1. The molecule has 25 heavy (non-hydrogen) atoms. The fraction of sp³-hybridized carbons (Fsp3) is 0.222. The maximum Gasteiger partial charge on any atom is 0.324 e. The number of hydrogen-bond acceptors (Lipinski definition) is 5. The summed E-state index contributed by atoms with van der Waals surface area (Å²) in [6.45, 7) is 1.83. The van der Waals surface area contributed by atoms with E-state index >= 15 is 0 Å². The summed E-state index contributed by atoms with van der Waals surface area (Å²) in [6.07, 6.45) is -0.332. The van der Waals surface area contributed by atoms with E-state index in [1.165, 1.54) is 12.1 Å². The van der Waals surface area contributed by atoms with Crippen LogP contribution < -0.4 is 4.72 Å². The van der Waals surface area contributed by atoms with Crippen molar-refractivity contribution in [1.82, 2.24) is 4.72 Å². The van der Waals surface area contributed by atoms with Crippen LogP contribution in [0.5, 0.6) is 0 Å². The van der Waals surface area contributed by atoms with Gasteiger partial charge in [0.25, 0.3) is 0 Å². The number of aryl methyl sites for hydroxylation is 1. The van der Waals surface area contributed by atoms with Gasteiger partial charge in [0.2, 0.25) is 10.0 Å². The van der Waals surface area contributed by atoms with E-state index in [1.54, 1.807) is 42.5 Å². The van der Waals surface area contributed by atoms with Crippen molar-refractivity contribution < 1.29 is 22.7 Å². The van der Waals surface area contributed by atoms with E-state index in [9.17, 15) is 18.0 Å². The number of carbonyl (C=O) groups excluding carboxylic acids is 2. The highest BCUT2D eigenvalue weighted by Crippen LogP contribution is 2.13. The third-order valence-electron chi connectivity index (χ3n) is 3.60. The Morgan fingerprint density at radius 3 is 2.20 bits per heavy atom. The lowest BCUT2D eigenvalue weighted by Gasteiger charge is -2.16. The molecule has 2 aromatic carbocycles. The standard InChI is InChI=1S/C18H19NO5S/c1-13-8-10-15(11-9-13)25(22,23)19-16(18(21)24-2)12-17(20)14-6-4-3-5-7-14/h3-11,16,19H,12H2,1-2H3/t16-/m0/s1. The lowest BCUT2D eigenvalue weighted by molar-refractivity contribution is -0.142. The van der Waals surface area contributed by atoms with Crippen molar-refractivity contribution in [3.05, 3.63) is 65.7 Å². The Hall–Kier alpha value is -2.51. The third-order valence-corrected chi connectivity index (χ3v) is 5.09. The zero-order chi connectivity index (χ0) is 18.4. The molecule has 0 saturated carbocycles. The van der Waals surface area contributed by atoms with Crippen molar-refractivity contribution in [3.63, 3.8) is 0 Å². The second kappa shape index (κ2) is 8.04. The minimum Gasteiger partial charge on any atom is -0.468 e. The summed E-state index contributed by atoms with van der Waals surface area (Å²) in [5, 5.41) is 0. The summed E-state index contributed by atoms with van der Waals surface area (Å²) in [5.41, 5.74) is 1.30. The van der Waals surface area contributed by atoms with Gasteiger partial charge >= 0.3 is 5.97 Å². The minimum atomic E-state index is -3.96. The quantitative estimate of drug-likeness (QED) is 0.602. The van der Waals surface area contributed by atoms with Gasteiger partial charge in [-0.05, 0) is 19.1 Å². The topological polar surface area (TPSA) is 89.5 Å². The van der Waals surface area contributed by atoms with Crippen LogP contribution in [-0.4, -0.2) is 33.3 Å². The van der Waals surface area contributed by atoms with Gasteiger partial charge in [-0.25, -0.2) is 8.42 Å². The van der Waals surface area contributed by atoms with Crippen LogP contribution >= 0.6 is 0 Å². The van der Waals surface area contributed by atoms with Crippen molar-refractivity contribution >= 4 is 21.8 Å². The minimum absolute atomic E-state index is 0.0131. The lowest BCUT2D eigenvalue weighted by Crippen LogP contribution is -2.42. The molecule has 0 aromatic heterocycles. The van der Waals surface area contributed by atoms with Crippen LogP contribution in [0.3, 0.4) is 0 Å². The average molecular weight is 361 g/mol. The van der Waals surface area contributed by atoms with Crippen molar-refractivity contribution in [2.24, 2.45) is 0 Å². The Labute approximate surface area is 146 Å². The molecule has 0 heterocycles. The van der Waals surface area contributed by atoms with Crippen LogP contribution in [0.1, 0.15) is 22.3 Å².